The van der Waals surface area contributed by atoms with Crippen molar-refractivity contribution in [1.29, 1.82) is 0 Å². The van der Waals surface area contributed by atoms with Crippen LogP contribution in [0.1, 0.15) is 33.6 Å². The Morgan fingerprint density at radius 1 is 1.11 bits per heavy atom. The zero-order valence-electron chi connectivity index (χ0n) is 10.1. The Morgan fingerprint density at radius 3 is 2.58 bits per heavy atom. The number of fused-ring (bicyclic) bond motifs is 2. The fraction of sp³-hybridized carbons (Fsp3) is 0.267. The average Bonchev–Trinajstić information content (AvgIpc) is 2.44. The molecule has 0 saturated heterocycles. The molecule has 3 rings (SSSR count). The highest BCUT2D eigenvalue weighted by atomic mass is 35.5. The van der Waals surface area contributed by atoms with E-state index in [2.05, 4.69) is 0 Å². The lowest BCUT2D eigenvalue weighted by Crippen LogP contribution is -2.38. The van der Waals surface area contributed by atoms with Crippen molar-refractivity contribution in [3.8, 4) is 0 Å². The van der Waals surface area contributed by atoms with Crippen LogP contribution < -0.4 is 0 Å². The van der Waals surface area contributed by atoms with Crippen molar-refractivity contribution in [2.24, 2.45) is 11.8 Å². The molecule has 0 aromatic heterocycles. The fourth-order valence-corrected chi connectivity index (χ4v) is 3.09. The smallest absolute Gasteiger partial charge is 0.167 e. The number of rotatable bonds is 1. The van der Waals surface area contributed by atoms with Crippen molar-refractivity contribution in [2.45, 2.75) is 12.8 Å². The highest BCUT2D eigenvalue weighted by Gasteiger charge is 2.42. The monoisotopic (exact) mass is 274 g/mol. The van der Waals surface area contributed by atoms with E-state index in [0.717, 1.165) is 6.29 Å². The lowest BCUT2D eigenvalue weighted by atomic mass is 9.68. The summed E-state index contributed by atoms with van der Waals surface area (Å²) in [7, 11) is 0. The van der Waals surface area contributed by atoms with Crippen LogP contribution in [0.25, 0.3) is 0 Å². The van der Waals surface area contributed by atoms with E-state index in [1.807, 2.05) is 0 Å². The van der Waals surface area contributed by atoms with Gasteiger partial charge in [-0.1, -0.05) is 17.7 Å². The molecule has 0 amide bonds. The first-order chi connectivity index (χ1) is 9.11. The van der Waals surface area contributed by atoms with Gasteiger partial charge in [-0.15, -0.1) is 0 Å². The molecule has 2 unspecified atom stereocenters. The molecule has 0 saturated carbocycles. The van der Waals surface area contributed by atoms with Crippen LogP contribution in [0.4, 0.5) is 0 Å². The Labute approximate surface area is 115 Å². The third kappa shape index (κ3) is 1.85. The van der Waals surface area contributed by atoms with Crippen LogP contribution in [0.15, 0.2) is 29.8 Å². The highest BCUT2D eigenvalue weighted by Crippen LogP contribution is 2.39. The van der Waals surface area contributed by atoms with Crippen LogP contribution in [-0.4, -0.2) is 17.9 Å². The Balaban J connectivity index is 2.09. The summed E-state index contributed by atoms with van der Waals surface area (Å²) >= 11 is 5.89. The summed E-state index contributed by atoms with van der Waals surface area (Å²) < 4.78 is 0. The summed E-state index contributed by atoms with van der Waals surface area (Å²) in [5.74, 6) is -0.833. The quantitative estimate of drug-likeness (QED) is 0.740. The molecule has 1 aromatic carbocycles. The minimum atomic E-state index is -0.397. The van der Waals surface area contributed by atoms with E-state index in [1.165, 1.54) is 0 Å². The van der Waals surface area contributed by atoms with Gasteiger partial charge in [-0.3, -0.25) is 14.4 Å². The number of Topliss-reactive ketones (excluding diaryl/α,β-unsaturated/α-hetero) is 2. The van der Waals surface area contributed by atoms with Gasteiger partial charge in [-0.2, -0.15) is 0 Å². The standard InChI is InChI=1S/C15H11ClO3/c16-9-2-4-11-13(6-9)15(19)10-3-1-8(7-17)5-12(10)14(11)18/h1-2,4,6-7,10,12H,3,5H2. The number of benzene rings is 1. The molecule has 0 heterocycles. The number of carbonyl (C=O) groups excluding carboxylic acids is 3. The Morgan fingerprint density at radius 2 is 1.84 bits per heavy atom. The third-order valence-corrected chi connectivity index (χ3v) is 4.15. The average molecular weight is 275 g/mol. The van der Waals surface area contributed by atoms with Gasteiger partial charge in [0.25, 0.3) is 0 Å². The van der Waals surface area contributed by atoms with Crippen molar-refractivity contribution in [1.82, 2.24) is 0 Å². The molecule has 4 heteroatoms. The summed E-state index contributed by atoms with van der Waals surface area (Å²) in [5.41, 5.74) is 1.46. The zero-order chi connectivity index (χ0) is 13.6. The molecule has 96 valence electrons. The lowest BCUT2D eigenvalue weighted by molar-refractivity contribution is -0.105. The predicted molar refractivity (Wildman–Crippen MR) is 70.5 cm³/mol. The van der Waals surface area contributed by atoms with Crippen LogP contribution in [0.3, 0.4) is 0 Å². The topological polar surface area (TPSA) is 51.2 Å². The first-order valence-electron chi connectivity index (χ1n) is 6.14. The molecular weight excluding hydrogens is 264 g/mol. The van der Waals surface area contributed by atoms with E-state index in [1.54, 1.807) is 24.3 Å². The molecule has 1 aromatic rings. The van der Waals surface area contributed by atoms with Gasteiger partial charge >= 0.3 is 0 Å². The van der Waals surface area contributed by atoms with Crippen molar-refractivity contribution in [3.63, 3.8) is 0 Å². The predicted octanol–water partition coefficient (Wildman–Crippen LogP) is 2.87. The second-order valence-electron chi connectivity index (χ2n) is 4.97. The van der Waals surface area contributed by atoms with Gasteiger partial charge in [0.15, 0.2) is 11.6 Å². The van der Waals surface area contributed by atoms with E-state index >= 15 is 0 Å². The minimum absolute atomic E-state index is 0.0386. The third-order valence-electron chi connectivity index (χ3n) is 3.91. The SMILES string of the molecule is O=CC1=CCC2C(=O)c3cc(Cl)ccc3C(=O)C2C1. The van der Waals surface area contributed by atoms with Crippen LogP contribution in [0.5, 0.6) is 0 Å². The van der Waals surface area contributed by atoms with Crippen LogP contribution >= 0.6 is 11.6 Å². The second-order valence-corrected chi connectivity index (χ2v) is 5.40. The maximum atomic E-state index is 12.4. The molecule has 2 atom stereocenters. The number of aldehydes is 1. The van der Waals surface area contributed by atoms with Crippen molar-refractivity contribution < 1.29 is 14.4 Å². The molecule has 0 fully saturated rings. The maximum absolute atomic E-state index is 12.4. The Kier molecular flexibility index (Phi) is 2.86. The fourth-order valence-electron chi connectivity index (χ4n) is 2.92. The summed E-state index contributed by atoms with van der Waals surface area (Å²) in [6.07, 6.45) is 3.34. The molecule has 0 radical (unpaired) electrons. The molecule has 0 aliphatic heterocycles. The van der Waals surface area contributed by atoms with Gasteiger partial charge in [0, 0.05) is 28.0 Å². The van der Waals surface area contributed by atoms with Gasteiger partial charge in [-0.05, 0) is 36.6 Å². The maximum Gasteiger partial charge on any atom is 0.167 e. The van der Waals surface area contributed by atoms with Gasteiger partial charge in [0.1, 0.15) is 6.29 Å². The summed E-state index contributed by atoms with van der Waals surface area (Å²) in [6.45, 7) is 0. The number of hydrogen-bond acceptors (Lipinski definition) is 3. The number of halogens is 1. The van der Waals surface area contributed by atoms with Gasteiger partial charge in [0.2, 0.25) is 0 Å². The van der Waals surface area contributed by atoms with Gasteiger partial charge in [-0.25, -0.2) is 0 Å². The molecule has 3 nitrogen and oxygen atoms in total. The lowest BCUT2D eigenvalue weighted by Gasteiger charge is -2.32. The largest absolute Gasteiger partial charge is 0.298 e. The van der Waals surface area contributed by atoms with Crippen LogP contribution in [0, 0.1) is 11.8 Å². The van der Waals surface area contributed by atoms with E-state index in [-0.39, 0.29) is 17.5 Å². The summed E-state index contributed by atoms with van der Waals surface area (Å²) in [4.78, 5) is 35.7. The highest BCUT2D eigenvalue weighted by molar-refractivity contribution is 6.31. The molecule has 0 bridgehead atoms. The first-order valence-corrected chi connectivity index (χ1v) is 6.52. The van der Waals surface area contributed by atoms with E-state index < -0.39 is 5.92 Å². The van der Waals surface area contributed by atoms with Crippen molar-refractivity contribution >= 4 is 29.5 Å². The molecule has 19 heavy (non-hydrogen) atoms. The van der Waals surface area contributed by atoms with Gasteiger partial charge in [0.05, 0.1) is 0 Å². The van der Waals surface area contributed by atoms with Crippen LogP contribution in [0.2, 0.25) is 5.02 Å². The second kappa shape index (κ2) is 4.42. The van der Waals surface area contributed by atoms with E-state index in [0.29, 0.717) is 34.6 Å². The number of carbonyl (C=O) groups is 3. The normalized spacial score (nSPS) is 25.4. The molecular formula is C15H11ClO3. The van der Waals surface area contributed by atoms with E-state index in [4.69, 9.17) is 11.6 Å². The number of ketones is 2. The van der Waals surface area contributed by atoms with Crippen molar-refractivity contribution in [3.05, 3.63) is 46.0 Å². The molecule has 2 aliphatic rings. The minimum Gasteiger partial charge on any atom is -0.298 e. The first kappa shape index (κ1) is 12.3. The van der Waals surface area contributed by atoms with Crippen molar-refractivity contribution in [2.75, 3.05) is 0 Å². The van der Waals surface area contributed by atoms with Gasteiger partial charge < -0.3 is 0 Å². The Bertz CT molecular complexity index is 630. The molecule has 0 spiro atoms. The zero-order valence-corrected chi connectivity index (χ0v) is 10.8. The van der Waals surface area contributed by atoms with Crippen LogP contribution in [-0.2, 0) is 4.79 Å². The summed E-state index contributed by atoms with van der Waals surface area (Å²) in [5, 5.41) is 0.457. The number of allylic oxidation sites excluding steroid dienone is 2. The molecule has 0 N–H and O–H groups in total. The summed E-state index contributed by atoms with van der Waals surface area (Å²) in [6, 6.07) is 4.78. The molecule has 2 aliphatic carbocycles. The Hall–Kier alpha value is -1.74. The number of hydrogen-bond donors (Lipinski definition) is 0. The van der Waals surface area contributed by atoms with E-state index in [9.17, 15) is 14.4 Å².